The molecule has 1 aliphatic heterocycles. The fourth-order valence-electron chi connectivity index (χ4n) is 4.35. The number of carbonyl (C=O) groups is 1. The fraction of sp³-hybridized carbons (Fsp3) is 0.370. The molecule has 9 nitrogen and oxygen atoms in total. The fourth-order valence-corrected chi connectivity index (χ4v) is 6.17. The van der Waals surface area contributed by atoms with Crippen LogP contribution in [0.25, 0.3) is 11.1 Å². The molecule has 0 spiro atoms. The number of ether oxygens (including phenoxy) is 1. The minimum Gasteiger partial charge on any atom is -0.487 e. The quantitative estimate of drug-likeness (QED) is 0.506. The molecule has 3 aromatic rings. The molecule has 0 unspecified atom stereocenters. The van der Waals surface area contributed by atoms with Gasteiger partial charge in [0.05, 0.1) is 19.6 Å². The third-order valence-electron chi connectivity index (χ3n) is 6.64. The van der Waals surface area contributed by atoms with Gasteiger partial charge in [0.2, 0.25) is 15.9 Å². The Labute approximate surface area is 217 Å². The molecule has 0 saturated carbocycles. The van der Waals surface area contributed by atoms with Crippen LogP contribution >= 0.6 is 0 Å². The van der Waals surface area contributed by atoms with Crippen LogP contribution in [0.3, 0.4) is 0 Å². The summed E-state index contributed by atoms with van der Waals surface area (Å²) in [6.45, 7) is 3.66. The van der Waals surface area contributed by atoms with Crippen molar-refractivity contribution in [2.75, 3.05) is 26.7 Å². The first kappa shape index (κ1) is 26.7. The van der Waals surface area contributed by atoms with Crippen LogP contribution in [0.15, 0.2) is 72.1 Å². The van der Waals surface area contributed by atoms with Gasteiger partial charge in [-0.3, -0.25) is 4.79 Å². The van der Waals surface area contributed by atoms with Gasteiger partial charge in [0.25, 0.3) is 0 Å². The van der Waals surface area contributed by atoms with E-state index in [1.807, 2.05) is 37.3 Å². The number of likely N-dealkylation sites (N-methyl/N-ethyl adjacent to an activating group) is 1. The van der Waals surface area contributed by atoms with Crippen LogP contribution in [-0.2, 0) is 21.2 Å². The maximum Gasteiger partial charge on any atom is 0.247 e. The number of carbonyl (C=O) groups excluding carboxylic acids is 1. The van der Waals surface area contributed by atoms with E-state index >= 15 is 0 Å². The van der Waals surface area contributed by atoms with Crippen molar-refractivity contribution < 1.29 is 23.1 Å². The second-order valence-corrected chi connectivity index (χ2v) is 11.3. The Balaban J connectivity index is 1.69. The number of rotatable bonds is 7. The normalized spacial score (nSPS) is 20.1. The lowest BCUT2D eigenvalue weighted by Crippen LogP contribution is -2.50. The molecule has 3 atom stereocenters. The number of benzene rings is 2. The minimum absolute atomic E-state index is 0.0172. The van der Waals surface area contributed by atoms with Crippen LogP contribution in [0, 0.1) is 5.92 Å². The Kier molecular flexibility index (Phi) is 8.21. The summed E-state index contributed by atoms with van der Waals surface area (Å²) in [5.41, 5.74) is 2.34. The second-order valence-electron chi connectivity index (χ2n) is 9.47. The zero-order valence-corrected chi connectivity index (χ0v) is 22.0. The van der Waals surface area contributed by atoms with Gasteiger partial charge in [-0.1, -0.05) is 43.3 Å². The highest BCUT2D eigenvalue weighted by Gasteiger charge is 2.38. The van der Waals surface area contributed by atoms with E-state index in [-0.39, 0.29) is 48.6 Å². The van der Waals surface area contributed by atoms with Crippen molar-refractivity contribution >= 4 is 15.9 Å². The summed E-state index contributed by atoms with van der Waals surface area (Å²) in [6.07, 6.45) is 4.47. The molecule has 0 fully saturated rings. The van der Waals surface area contributed by atoms with Crippen LogP contribution in [-0.4, -0.2) is 77.5 Å². The molecule has 2 aromatic carbocycles. The predicted molar refractivity (Wildman–Crippen MR) is 139 cm³/mol. The molecule has 4 rings (SSSR count). The number of aliphatic hydroxyl groups excluding tert-OH is 1. The molecule has 1 N–H and O–H groups in total. The third kappa shape index (κ3) is 5.98. The Morgan fingerprint density at radius 3 is 2.54 bits per heavy atom. The first-order valence-electron chi connectivity index (χ1n) is 12.2. The number of aromatic nitrogens is 2. The van der Waals surface area contributed by atoms with E-state index < -0.39 is 22.2 Å². The van der Waals surface area contributed by atoms with Crippen molar-refractivity contribution in [1.29, 1.82) is 0 Å². The van der Waals surface area contributed by atoms with Crippen molar-refractivity contribution in [3.05, 3.63) is 72.8 Å². The van der Waals surface area contributed by atoms with Gasteiger partial charge in [0.15, 0.2) is 0 Å². The molecule has 0 saturated heterocycles. The molecular weight excluding hydrogens is 492 g/mol. The number of fused-ring (bicyclic) bond motifs is 1. The zero-order chi connectivity index (χ0) is 26.6. The Morgan fingerprint density at radius 2 is 1.86 bits per heavy atom. The lowest BCUT2D eigenvalue weighted by atomic mass is 10.0. The van der Waals surface area contributed by atoms with Crippen LogP contribution in [0.4, 0.5) is 0 Å². The monoisotopic (exact) mass is 524 g/mol. The summed E-state index contributed by atoms with van der Waals surface area (Å²) in [5, 5.41) is 9.83. The van der Waals surface area contributed by atoms with Gasteiger partial charge in [0, 0.05) is 43.5 Å². The number of sulfonamides is 1. The van der Waals surface area contributed by atoms with E-state index in [0.717, 1.165) is 5.56 Å². The van der Waals surface area contributed by atoms with E-state index in [1.165, 1.54) is 16.7 Å². The number of hydrogen-bond donors (Lipinski definition) is 1. The van der Waals surface area contributed by atoms with Crippen LogP contribution < -0.4 is 4.74 Å². The summed E-state index contributed by atoms with van der Waals surface area (Å²) in [4.78, 5) is 22.7. The first-order chi connectivity index (χ1) is 17.7. The number of aliphatic hydroxyl groups is 1. The first-order valence-corrected chi connectivity index (χ1v) is 13.6. The van der Waals surface area contributed by atoms with E-state index in [1.54, 1.807) is 43.4 Å². The van der Waals surface area contributed by atoms with Gasteiger partial charge in [-0.25, -0.2) is 18.4 Å². The second kappa shape index (κ2) is 11.4. The average Bonchev–Trinajstić information content (AvgIpc) is 2.91. The van der Waals surface area contributed by atoms with Gasteiger partial charge in [-0.2, -0.15) is 4.31 Å². The number of hydrogen-bond acceptors (Lipinski definition) is 7. The summed E-state index contributed by atoms with van der Waals surface area (Å²) < 4.78 is 35.0. The smallest absolute Gasteiger partial charge is 0.247 e. The van der Waals surface area contributed by atoms with E-state index in [4.69, 9.17) is 4.74 Å². The molecule has 37 heavy (non-hydrogen) atoms. The Bertz CT molecular complexity index is 1320. The van der Waals surface area contributed by atoms with E-state index in [0.29, 0.717) is 11.1 Å². The van der Waals surface area contributed by atoms with Gasteiger partial charge < -0.3 is 14.7 Å². The lowest BCUT2D eigenvalue weighted by Gasteiger charge is -2.37. The largest absolute Gasteiger partial charge is 0.487 e. The van der Waals surface area contributed by atoms with E-state index in [2.05, 4.69) is 9.97 Å². The molecule has 0 aliphatic carbocycles. The topological polar surface area (TPSA) is 113 Å². The molecule has 0 radical (unpaired) electrons. The highest BCUT2D eigenvalue weighted by Crippen LogP contribution is 2.36. The third-order valence-corrected chi connectivity index (χ3v) is 8.66. The predicted octanol–water partition coefficient (Wildman–Crippen LogP) is 2.61. The van der Waals surface area contributed by atoms with Crippen molar-refractivity contribution in [2.24, 2.45) is 5.92 Å². The number of amides is 1. The van der Waals surface area contributed by atoms with Gasteiger partial charge in [-0.05, 0) is 30.2 Å². The van der Waals surface area contributed by atoms with Crippen molar-refractivity contribution in [2.45, 2.75) is 37.3 Å². The Hall–Kier alpha value is -3.34. The molecule has 196 valence electrons. The number of nitrogens with zero attached hydrogens (tertiary/aromatic N) is 4. The van der Waals surface area contributed by atoms with Crippen molar-refractivity contribution in [3.8, 4) is 16.9 Å². The standard InChI is InChI=1S/C27H32N4O5S/c1-19-15-31(20(2)17-32)37(34,35)26-10-9-22(23-13-28-18-29-14-23)12-24(26)36-25(19)16-30(3)27(33)11-21-7-5-4-6-8-21/h4-10,12-14,18-20,25,32H,11,15-17H2,1-3H3/t19-,20+,25+/m0/s1. The molecular formula is C27H32N4O5S. The molecule has 1 aromatic heterocycles. The van der Waals surface area contributed by atoms with Crippen molar-refractivity contribution in [3.63, 3.8) is 0 Å². The maximum atomic E-state index is 13.7. The maximum absolute atomic E-state index is 13.7. The van der Waals surface area contributed by atoms with E-state index in [9.17, 15) is 18.3 Å². The molecule has 1 aliphatic rings. The molecule has 0 bridgehead atoms. The van der Waals surface area contributed by atoms with Crippen LogP contribution in [0.5, 0.6) is 5.75 Å². The SMILES string of the molecule is C[C@H](CO)N1C[C@H](C)[C@@H](CN(C)C(=O)Cc2ccccc2)Oc2cc(-c3cncnc3)ccc2S1(=O)=O. The highest BCUT2D eigenvalue weighted by molar-refractivity contribution is 7.89. The zero-order valence-electron chi connectivity index (χ0n) is 21.2. The van der Waals surface area contributed by atoms with Crippen LogP contribution in [0.2, 0.25) is 0 Å². The summed E-state index contributed by atoms with van der Waals surface area (Å²) >= 11 is 0. The molecule has 10 heteroatoms. The molecule has 2 heterocycles. The highest BCUT2D eigenvalue weighted by atomic mass is 32.2. The summed E-state index contributed by atoms with van der Waals surface area (Å²) in [7, 11) is -2.23. The van der Waals surface area contributed by atoms with Gasteiger partial charge in [0.1, 0.15) is 23.1 Å². The van der Waals surface area contributed by atoms with Gasteiger partial charge in [-0.15, -0.1) is 0 Å². The van der Waals surface area contributed by atoms with Crippen LogP contribution in [0.1, 0.15) is 19.4 Å². The lowest BCUT2D eigenvalue weighted by molar-refractivity contribution is -0.130. The average molecular weight is 525 g/mol. The summed E-state index contributed by atoms with van der Waals surface area (Å²) in [5.74, 6) is -0.141. The summed E-state index contributed by atoms with van der Waals surface area (Å²) in [6, 6.07) is 13.8. The molecule has 1 amide bonds. The van der Waals surface area contributed by atoms with Gasteiger partial charge >= 0.3 is 0 Å². The van der Waals surface area contributed by atoms with Crippen molar-refractivity contribution in [1.82, 2.24) is 19.2 Å². The minimum atomic E-state index is -3.96. The Morgan fingerprint density at radius 1 is 1.16 bits per heavy atom.